The van der Waals surface area contributed by atoms with Crippen LogP contribution < -0.4 is 16.0 Å². The van der Waals surface area contributed by atoms with Crippen molar-refractivity contribution in [2.75, 3.05) is 19.7 Å². The third-order valence-corrected chi connectivity index (χ3v) is 2.00. The molecule has 8 nitrogen and oxygen atoms in total. The minimum absolute atomic E-state index is 0.0964. The molecule has 0 aliphatic carbocycles. The van der Waals surface area contributed by atoms with Crippen LogP contribution >= 0.6 is 0 Å². The number of carbonyl (C=O) groups excluding carboxylic acids is 2. The van der Waals surface area contributed by atoms with Crippen LogP contribution in [0.15, 0.2) is 0 Å². The summed E-state index contributed by atoms with van der Waals surface area (Å²) in [5.74, 6) is -1.51. The lowest BCUT2D eigenvalue weighted by Gasteiger charge is -2.12. The number of hydrogen-bond acceptors (Lipinski definition) is 4. The minimum Gasteiger partial charge on any atom is -0.480 e. The lowest BCUT2D eigenvalue weighted by Crippen LogP contribution is -2.48. The van der Waals surface area contributed by atoms with E-state index in [1.54, 1.807) is 0 Å². The highest BCUT2D eigenvalue weighted by atomic mass is 16.4. The molecular weight excluding hydrogens is 242 g/mol. The minimum atomic E-state index is -1.35. The third kappa shape index (κ3) is 7.44. The molecule has 5 N–H and O–H groups in total. The Labute approximate surface area is 105 Å². The number of rotatable bonds is 8. The number of carbonyl (C=O) groups is 3. The van der Waals surface area contributed by atoms with Gasteiger partial charge in [0.15, 0.2) is 6.04 Å². The summed E-state index contributed by atoms with van der Waals surface area (Å²) in [7, 11) is 0. The second kappa shape index (κ2) is 9.23. The fourth-order valence-electron chi connectivity index (χ4n) is 1.04. The van der Waals surface area contributed by atoms with E-state index in [2.05, 4.69) is 16.0 Å². The van der Waals surface area contributed by atoms with E-state index in [0.29, 0.717) is 6.54 Å². The molecule has 0 bridgehead atoms. The topological polar surface area (TPSA) is 128 Å². The summed E-state index contributed by atoms with van der Waals surface area (Å²) in [5.41, 5.74) is 0. The van der Waals surface area contributed by atoms with Crippen molar-refractivity contribution < 1.29 is 24.6 Å². The maximum atomic E-state index is 11.2. The van der Waals surface area contributed by atoms with Crippen LogP contribution in [0.4, 0.5) is 4.79 Å². The van der Waals surface area contributed by atoms with Crippen molar-refractivity contribution >= 4 is 17.9 Å². The standard InChI is InChI=1S/C10H19N3O5/c1-2-4-11-8(15)3-5-12-10(18)13-7(6-14)9(16)17/h7,14H,2-6H2,1H3,(H,11,15)(H,16,17)(H2,12,13,18). The lowest BCUT2D eigenvalue weighted by molar-refractivity contribution is -0.140. The molecule has 18 heavy (non-hydrogen) atoms. The summed E-state index contributed by atoms with van der Waals surface area (Å²) >= 11 is 0. The van der Waals surface area contributed by atoms with Crippen LogP contribution in [0.3, 0.4) is 0 Å². The Bertz CT molecular complexity index is 295. The zero-order valence-electron chi connectivity index (χ0n) is 10.2. The molecular formula is C10H19N3O5. The Balaban J connectivity index is 3.76. The Morgan fingerprint density at radius 3 is 2.33 bits per heavy atom. The first-order valence-corrected chi connectivity index (χ1v) is 5.66. The fourth-order valence-corrected chi connectivity index (χ4v) is 1.04. The number of urea groups is 1. The highest BCUT2D eigenvalue weighted by Gasteiger charge is 2.18. The predicted octanol–water partition coefficient (Wildman–Crippen LogP) is -1.35. The normalized spacial score (nSPS) is 11.4. The molecule has 0 saturated carbocycles. The maximum absolute atomic E-state index is 11.2. The van der Waals surface area contributed by atoms with Gasteiger partial charge in [0.05, 0.1) is 6.61 Å². The molecule has 3 amide bonds. The number of nitrogens with one attached hydrogen (secondary N) is 3. The zero-order chi connectivity index (χ0) is 14.0. The third-order valence-electron chi connectivity index (χ3n) is 2.00. The molecule has 0 aromatic heterocycles. The van der Waals surface area contributed by atoms with Crippen LogP contribution in [0, 0.1) is 0 Å². The first kappa shape index (κ1) is 16.2. The van der Waals surface area contributed by atoms with Crippen molar-refractivity contribution in [1.29, 1.82) is 0 Å². The Morgan fingerprint density at radius 2 is 1.83 bits per heavy atom. The smallest absolute Gasteiger partial charge is 0.328 e. The quantitative estimate of drug-likeness (QED) is 0.369. The molecule has 0 aromatic rings. The SMILES string of the molecule is CCCNC(=O)CCNC(=O)NC(CO)C(=O)O. The summed E-state index contributed by atoms with van der Waals surface area (Å²) in [6.07, 6.45) is 0.945. The number of amides is 3. The van der Waals surface area contributed by atoms with Gasteiger partial charge in [-0.3, -0.25) is 4.79 Å². The Kier molecular flexibility index (Phi) is 8.29. The van der Waals surface area contributed by atoms with Gasteiger partial charge in [-0.25, -0.2) is 9.59 Å². The molecule has 0 fully saturated rings. The van der Waals surface area contributed by atoms with E-state index in [1.165, 1.54) is 0 Å². The van der Waals surface area contributed by atoms with Crippen LogP contribution in [0.25, 0.3) is 0 Å². The second-order valence-electron chi connectivity index (χ2n) is 3.57. The molecule has 0 aliphatic heterocycles. The summed E-state index contributed by atoms with van der Waals surface area (Å²) in [6.45, 7) is 1.91. The molecule has 1 unspecified atom stereocenters. The molecule has 0 saturated heterocycles. The van der Waals surface area contributed by atoms with E-state index in [0.717, 1.165) is 6.42 Å². The van der Waals surface area contributed by atoms with Crippen molar-refractivity contribution in [1.82, 2.24) is 16.0 Å². The first-order chi connectivity index (χ1) is 8.51. The highest BCUT2D eigenvalue weighted by Crippen LogP contribution is 1.83. The van der Waals surface area contributed by atoms with Crippen LogP contribution in [-0.2, 0) is 9.59 Å². The number of carboxylic acids is 1. The number of hydrogen-bond donors (Lipinski definition) is 5. The van der Waals surface area contributed by atoms with E-state index in [9.17, 15) is 14.4 Å². The van der Waals surface area contributed by atoms with E-state index in [1.807, 2.05) is 6.92 Å². The number of aliphatic carboxylic acids is 1. The lowest BCUT2D eigenvalue weighted by atomic mass is 10.3. The van der Waals surface area contributed by atoms with Gasteiger partial charge in [0.25, 0.3) is 0 Å². The van der Waals surface area contributed by atoms with Gasteiger partial charge in [-0.15, -0.1) is 0 Å². The molecule has 1 atom stereocenters. The van der Waals surface area contributed by atoms with Gasteiger partial charge >= 0.3 is 12.0 Å². The van der Waals surface area contributed by atoms with E-state index >= 15 is 0 Å². The molecule has 8 heteroatoms. The predicted molar refractivity (Wildman–Crippen MR) is 63.0 cm³/mol. The molecule has 0 radical (unpaired) electrons. The maximum Gasteiger partial charge on any atom is 0.328 e. The summed E-state index contributed by atoms with van der Waals surface area (Å²) in [5, 5.41) is 24.2. The van der Waals surface area contributed by atoms with Crippen molar-refractivity contribution in [2.45, 2.75) is 25.8 Å². The molecule has 104 valence electrons. The number of carboxylic acid groups (broad SMARTS) is 1. The molecule has 0 aromatic carbocycles. The number of aliphatic hydroxyl groups excluding tert-OH is 1. The molecule has 0 rings (SSSR count). The van der Waals surface area contributed by atoms with Gasteiger partial charge in [0.2, 0.25) is 5.91 Å². The first-order valence-electron chi connectivity index (χ1n) is 5.66. The Hall–Kier alpha value is -1.83. The largest absolute Gasteiger partial charge is 0.480 e. The monoisotopic (exact) mass is 261 g/mol. The zero-order valence-corrected chi connectivity index (χ0v) is 10.2. The van der Waals surface area contributed by atoms with Crippen molar-refractivity contribution in [3.63, 3.8) is 0 Å². The van der Waals surface area contributed by atoms with E-state index in [4.69, 9.17) is 10.2 Å². The van der Waals surface area contributed by atoms with Crippen LogP contribution in [0.1, 0.15) is 19.8 Å². The second-order valence-corrected chi connectivity index (χ2v) is 3.57. The van der Waals surface area contributed by atoms with Crippen LogP contribution in [0.2, 0.25) is 0 Å². The summed E-state index contributed by atoms with van der Waals surface area (Å²) in [6, 6.07) is -2.08. The van der Waals surface area contributed by atoms with Gasteiger partial charge in [0.1, 0.15) is 0 Å². The average Bonchev–Trinajstić information content (AvgIpc) is 2.33. The van der Waals surface area contributed by atoms with Gasteiger partial charge in [-0.2, -0.15) is 0 Å². The van der Waals surface area contributed by atoms with Crippen molar-refractivity contribution in [2.24, 2.45) is 0 Å². The van der Waals surface area contributed by atoms with Crippen molar-refractivity contribution in [3.8, 4) is 0 Å². The van der Waals surface area contributed by atoms with E-state index in [-0.39, 0.29) is 18.9 Å². The van der Waals surface area contributed by atoms with E-state index < -0.39 is 24.6 Å². The highest BCUT2D eigenvalue weighted by molar-refractivity contribution is 5.83. The van der Waals surface area contributed by atoms with Gasteiger partial charge in [-0.05, 0) is 6.42 Å². The fraction of sp³-hybridized carbons (Fsp3) is 0.700. The Morgan fingerprint density at radius 1 is 1.17 bits per heavy atom. The van der Waals surface area contributed by atoms with Gasteiger partial charge in [-0.1, -0.05) is 6.92 Å². The number of aliphatic hydroxyl groups is 1. The van der Waals surface area contributed by atoms with Crippen LogP contribution in [0.5, 0.6) is 0 Å². The summed E-state index contributed by atoms with van der Waals surface area (Å²) < 4.78 is 0. The molecule has 0 spiro atoms. The molecule has 0 aliphatic rings. The average molecular weight is 261 g/mol. The van der Waals surface area contributed by atoms with Crippen molar-refractivity contribution in [3.05, 3.63) is 0 Å². The van der Waals surface area contributed by atoms with Gasteiger partial charge < -0.3 is 26.2 Å². The van der Waals surface area contributed by atoms with Gasteiger partial charge in [0, 0.05) is 19.5 Å². The van der Waals surface area contributed by atoms with Crippen LogP contribution in [-0.4, -0.2) is 53.9 Å². The summed E-state index contributed by atoms with van der Waals surface area (Å²) in [4.78, 5) is 32.8. The molecule has 0 heterocycles.